The number of aryl methyl sites for hydroxylation is 2. The van der Waals surface area contributed by atoms with Gasteiger partial charge in [-0.05, 0) is 13.8 Å². The standard InChI is InChI=1S/C10H11ClN4S/c1-6-9(11)13-7(2)14-10(6)16-8-4-12-15(3)5-8/h4-5H,1-3H3. The van der Waals surface area contributed by atoms with Crippen LogP contribution in [0.25, 0.3) is 0 Å². The fourth-order valence-electron chi connectivity index (χ4n) is 1.23. The predicted molar refractivity (Wildman–Crippen MR) is 63.8 cm³/mol. The van der Waals surface area contributed by atoms with Crippen LogP contribution in [0.5, 0.6) is 0 Å². The third-order valence-corrected chi connectivity index (χ3v) is 3.45. The largest absolute Gasteiger partial charge is 0.275 e. The van der Waals surface area contributed by atoms with E-state index >= 15 is 0 Å². The first-order chi connectivity index (χ1) is 7.56. The van der Waals surface area contributed by atoms with Gasteiger partial charge >= 0.3 is 0 Å². The maximum atomic E-state index is 6.01. The van der Waals surface area contributed by atoms with Crippen LogP contribution in [0.3, 0.4) is 0 Å². The Hall–Kier alpha value is -1.07. The van der Waals surface area contributed by atoms with Crippen molar-refractivity contribution in [3.8, 4) is 0 Å². The Balaban J connectivity index is 2.34. The molecule has 0 N–H and O–H groups in total. The Morgan fingerprint density at radius 2 is 2.06 bits per heavy atom. The molecule has 16 heavy (non-hydrogen) atoms. The summed E-state index contributed by atoms with van der Waals surface area (Å²) in [5.41, 5.74) is 0.904. The maximum Gasteiger partial charge on any atom is 0.136 e. The molecule has 6 heteroatoms. The predicted octanol–water partition coefficient (Wildman–Crippen LogP) is 2.63. The molecular weight excluding hydrogens is 244 g/mol. The SMILES string of the molecule is Cc1nc(Cl)c(C)c(Sc2cnn(C)c2)n1. The highest BCUT2D eigenvalue weighted by atomic mass is 35.5. The zero-order chi connectivity index (χ0) is 11.7. The van der Waals surface area contributed by atoms with Crippen molar-refractivity contribution in [1.29, 1.82) is 0 Å². The minimum atomic E-state index is 0.513. The lowest BCUT2D eigenvalue weighted by Gasteiger charge is -2.05. The van der Waals surface area contributed by atoms with Crippen LogP contribution in [-0.4, -0.2) is 19.7 Å². The molecule has 0 saturated heterocycles. The van der Waals surface area contributed by atoms with Crippen molar-refractivity contribution in [2.24, 2.45) is 7.05 Å². The molecule has 4 nitrogen and oxygen atoms in total. The molecule has 2 aromatic heterocycles. The van der Waals surface area contributed by atoms with Crippen LogP contribution in [0.15, 0.2) is 22.3 Å². The summed E-state index contributed by atoms with van der Waals surface area (Å²) >= 11 is 7.55. The fraction of sp³-hybridized carbons (Fsp3) is 0.300. The maximum absolute atomic E-state index is 6.01. The van der Waals surface area contributed by atoms with Gasteiger partial charge in [0.15, 0.2) is 0 Å². The van der Waals surface area contributed by atoms with E-state index < -0.39 is 0 Å². The highest BCUT2D eigenvalue weighted by Crippen LogP contribution is 2.30. The van der Waals surface area contributed by atoms with Gasteiger partial charge in [0, 0.05) is 18.8 Å². The van der Waals surface area contributed by atoms with Crippen LogP contribution in [0, 0.1) is 13.8 Å². The van der Waals surface area contributed by atoms with E-state index in [4.69, 9.17) is 11.6 Å². The van der Waals surface area contributed by atoms with Gasteiger partial charge in [0.1, 0.15) is 16.0 Å². The van der Waals surface area contributed by atoms with E-state index in [2.05, 4.69) is 15.1 Å². The fourth-order valence-corrected chi connectivity index (χ4v) is 2.46. The molecule has 0 radical (unpaired) electrons. The van der Waals surface area contributed by atoms with Crippen LogP contribution in [-0.2, 0) is 7.05 Å². The molecule has 0 aliphatic carbocycles. The summed E-state index contributed by atoms with van der Waals surface area (Å²) in [5.74, 6) is 0.682. The van der Waals surface area contributed by atoms with Crippen LogP contribution in [0.4, 0.5) is 0 Å². The van der Waals surface area contributed by atoms with Crippen molar-refractivity contribution in [1.82, 2.24) is 19.7 Å². The summed E-state index contributed by atoms with van der Waals surface area (Å²) in [4.78, 5) is 9.51. The van der Waals surface area contributed by atoms with E-state index in [1.54, 1.807) is 22.6 Å². The second-order valence-electron chi connectivity index (χ2n) is 3.44. The lowest BCUT2D eigenvalue weighted by molar-refractivity contribution is 0.766. The molecule has 0 aliphatic rings. The van der Waals surface area contributed by atoms with Gasteiger partial charge in [-0.1, -0.05) is 23.4 Å². The van der Waals surface area contributed by atoms with Gasteiger partial charge in [0.05, 0.1) is 11.1 Å². The summed E-state index contributed by atoms with van der Waals surface area (Å²) in [7, 11) is 1.88. The molecule has 0 atom stereocenters. The van der Waals surface area contributed by atoms with Gasteiger partial charge in [-0.15, -0.1) is 0 Å². The minimum absolute atomic E-state index is 0.513. The average molecular weight is 255 g/mol. The normalized spacial score (nSPS) is 10.8. The lowest BCUT2D eigenvalue weighted by Crippen LogP contribution is -1.94. The molecule has 0 aliphatic heterocycles. The third-order valence-electron chi connectivity index (χ3n) is 2.05. The first-order valence-corrected chi connectivity index (χ1v) is 5.93. The number of halogens is 1. The Bertz CT molecular complexity index is 524. The van der Waals surface area contributed by atoms with Gasteiger partial charge in [-0.2, -0.15) is 5.10 Å². The smallest absolute Gasteiger partial charge is 0.136 e. The lowest BCUT2D eigenvalue weighted by atomic mass is 10.4. The summed E-state index contributed by atoms with van der Waals surface area (Å²) < 4.78 is 1.76. The van der Waals surface area contributed by atoms with Crippen molar-refractivity contribution >= 4 is 23.4 Å². The van der Waals surface area contributed by atoms with E-state index in [0.29, 0.717) is 11.0 Å². The van der Waals surface area contributed by atoms with Crippen molar-refractivity contribution in [3.05, 3.63) is 28.9 Å². The van der Waals surface area contributed by atoms with E-state index in [9.17, 15) is 0 Å². The topological polar surface area (TPSA) is 43.6 Å². The quantitative estimate of drug-likeness (QED) is 0.773. The van der Waals surface area contributed by atoms with E-state index in [0.717, 1.165) is 15.5 Å². The Morgan fingerprint density at radius 1 is 1.31 bits per heavy atom. The molecule has 0 aromatic carbocycles. The molecule has 84 valence electrons. The zero-order valence-corrected chi connectivity index (χ0v) is 10.8. The van der Waals surface area contributed by atoms with Crippen LogP contribution >= 0.6 is 23.4 Å². The molecule has 0 amide bonds. The summed E-state index contributed by atoms with van der Waals surface area (Å²) in [6, 6.07) is 0. The highest BCUT2D eigenvalue weighted by Gasteiger charge is 2.09. The van der Waals surface area contributed by atoms with Gasteiger partial charge in [-0.3, -0.25) is 4.68 Å². The van der Waals surface area contributed by atoms with Gasteiger partial charge in [0.25, 0.3) is 0 Å². The van der Waals surface area contributed by atoms with Crippen LogP contribution < -0.4 is 0 Å². The van der Waals surface area contributed by atoms with E-state index in [-0.39, 0.29) is 0 Å². The number of rotatable bonds is 2. The van der Waals surface area contributed by atoms with Gasteiger partial charge in [0.2, 0.25) is 0 Å². The summed E-state index contributed by atoms with van der Waals surface area (Å²) in [6.07, 6.45) is 3.74. The van der Waals surface area contributed by atoms with Crippen LogP contribution in [0.1, 0.15) is 11.4 Å². The minimum Gasteiger partial charge on any atom is -0.275 e. The zero-order valence-electron chi connectivity index (χ0n) is 9.23. The highest BCUT2D eigenvalue weighted by molar-refractivity contribution is 7.99. The average Bonchev–Trinajstić information content (AvgIpc) is 2.60. The van der Waals surface area contributed by atoms with Crippen molar-refractivity contribution in [2.45, 2.75) is 23.8 Å². The first kappa shape index (κ1) is 11.4. The summed E-state index contributed by atoms with van der Waals surface area (Å²) in [5, 5.41) is 5.50. The monoisotopic (exact) mass is 254 g/mol. The van der Waals surface area contributed by atoms with Gasteiger partial charge < -0.3 is 0 Å². The molecule has 2 aromatic rings. The molecule has 2 heterocycles. The molecule has 2 rings (SSSR count). The number of hydrogen-bond donors (Lipinski definition) is 0. The van der Waals surface area contributed by atoms with Crippen molar-refractivity contribution < 1.29 is 0 Å². The number of aromatic nitrogens is 4. The molecule has 0 saturated carbocycles. The molecule has 0 unspecified atom stereocenters. The molecule has 0 bridgehead atoms. The Labute approximate surface area is 103 Å². The van der Waals surface area contributed by atoms with E-state index in [1.165, 1.54) is 0 Å². The second-order valence-corrected chi connectivity index (χ2v) is 4.86. The Morgan fingerprint density at radius 3 is 2.69 bits per heavy atom. The first-order valence-electron chi connectivity index (χ1n) is 4.73. The van der Waals surface area contributed by atoms with E-state index in [1.807, 2.05) is 27.1 Å². The number of nitrogens with zero attached hydrogens (tertiary/aromatic N) is 4. The molecule has 0 spiro atoms. The van der Waals surface area contributed by atoms with Crippen molar-refractivity contribution in [3.63, 3.8) is 0 Å². The molecule has 0 fully saturated rings. The third kappa shape index (κ3) is 2.36. The summed E-state index contributed by atoms with van der Waals surface area (Å²) in [6.45, 7) is 3.75. The molecular formula is C10H11ClN4S. The van der Waals surface area contributed by atoms with Gasteiger partial charge in [-0.25, -0.2) is 9.97 Å². The second kappa shape index (κ2) is 4.43. The number of hydrogen-bond acceptors (Lipinski definition) is 4. The van der Waals surface area contributed by atoms with Crippen LogP contribution in [0.2, 0.25) is 5.15 Å². The van der Waals surface area contributed by atoms with Crippen molar-refractivity contribution in [2.75, 3.05) is 0 Å². The Kier molecular flexibility index (Phi) is 3.16.